The molecule has 0 radical (unpaired) electrons. The van der Waals surface area contributed by atoms with Gasteiger partial charge in [0.05, 0.1) is 23.3 Å². The number of carbonyl (C=O) groups is 1. The molecule has 0 spiro atoms. The largest absolute Gasteiger partial charge is 0.465 e. The maximum atomic E-state index is 12.8. The molecule has 2 aromatic rings. The Morgan fingerprint density at radius 2 is 1.72 bits per heavy atom. The highest BCUT2D eigenvalue weighted by molar-refractivity contribution is 7.92. The Morgan fingerprint density at radius 1 is 1.12 bits per heavy atom. The molecule has 0 unspecified atom stereocenters. The third kappa shape index (κ3) is 4.43. The predicted octanol–water partition coefficient (Wildman–Crippen LogP) is 3.95. The van der Waals surface area contributed by atoms with Crippen LogP contribution in [0.25, 0.3) is 0 Å². The molecule has 134 valence electrons. The number of nitrogens with one attached hydrogen (secondary N) is 1. The number of anilines is 1. The van der Waals surface area contributed by atoms with E-state index in [1.165, 1.54) is 31.4 Å². The second-order valence-electron chi connectivity index (χ2n) is 4.82. The average molecular weight is 394 g/mol. The van der Waals surface area contributed by atoms with Gasteiger partial charge in [-0.25, -0.2) is 13.2 Å². The lowest BCUT2D eigenvalue weighted by Gasteiger charge is -2.12. The Hall–Kier alpha value is -2.26. The molecule has 25 heavy (non-hydrogen) atoms. The first-order valence-corrected chi connectivity index (χ1v) is 8.48. The van der Waals surface area contributed by atoms with E-state index in [0.29, 0.717) is 12.1 Å². The zero-order valence-electron chi connectivity index (χ0n) is 12.6. The molecule has 0 aromatic heterocycles. The van der Waals surface area contributed by atoms with Crippen molar-refractivity contribution >= 4 is 33.3 Å². The van der Waals surface area contributed by atoms with Crippen LogP contribution < -0.4 is 4.72 Å². The maximum absolute atomic E-state index is 12.8. The van der Waals surface area contributed by atoms with Crippen LogP contribution in [0.4, 0.5) is 18.9 Å². The highest BCUT2D eigenvalue weighted by atomic mass is 35.5. The first kappa shape index (κ1) is 19.1. The number of sulfonamides is 1. The summed E-state index contributed by atoms with van der Waals surface area (Å²) in [4.78, 5) is 10.6. The Balaban J connectivity index is 2.35. The summed E-state index contributed by atoms with van der Waals surface area (Å²) in [7, 11) is -3.17. The van der Waals surface area contributed by atoms with E-state index >= 15 is 0 Å². The number of hydrogen-bond acceptors (Lipinski definition) is 4. The van der Waals surface area contributed by atoms with Gasteiger partial charge in [-0.2, -0.15) is 13.2 Å². The molecule has 0 aliphatic heterocycles. The van der Waals surface area contributed by atoms with Gasteiger partial charge in [0.25, 0.3) is 10.0 Å². The van der Waals surface area contributed by atoms with E-state index in [4.69, 9.17) is 11.6 Å². The van der Waals surface area contributed by atoms with Crippen molar-refractivity contribution in [2.75, 3.05) is 11.8 Å². The fourth-order valence-corrected chi connectivity index (χ4v) is 3.47. The second-order valence-corrected chi connectivity index (χ2v) is 6.88. The van der Waals surface area contributed by atoms with Crippen LogP contribution >= 0.6 is 11.6 Å². The van der Waals surface area contributed by atoms with E-state index in [-0.39, 0.29) is 16.3 Å². The van der Waals surface area contributed by atoms with Gasteiger partial charge in [0, 0.05) is 5.69 Å². The number of methoxy groups -OCH3 is 1. The van der Waals surface area contributed by atoms with Gasteiger partial charge in [0.1, 0.15) is 4.90 Å². The quantitative estimate of drug-likeness (QED) is 0.798. The zero-order valence-corrected chi connectivity index (χ0v) is 14.2. The van der Waals surface area contributed by atoms with Crippen LogP contribution in [0.2, 0.25) is 5.02 Å². The SMILES string of the molecule is COC(=O)c1ccc(NS(=O)(=O)c2cc(C(F)(F)F)ccc2Cl)cc1. The zero-order chi connectivity index (χ0) is 18.8. The highest BCUT2D eigenvalue weighted by Gasteiger charge is 2.32. The summed E-state index contributed by atoms with van der Waals surface area (Å²) >= 11 is 5.73. The maximum Gasteiger partial charge on any atom is 0.416 e. The standard InChI is InChI=1S/C15H11ClF3NO4S/c1-24-14(21)9-2-5-11(6-3-9)20-25(22,23)13-8-10(15(17,18)19)4-7-12(13)16/h2-8,20H,1H3. The van der Waals surface area contributed by atoms with Crippen LogP contribution in [0, 0.1) is 0 Å². The Kier molecular flexibility index (Phi) is 5.28. The average Bonchev–Trinajstić information content (AvgIpc) is 2.53. The normalized spacial score (nSPS) is 11.9. The molecule has 0 fully saturated rings. The smallest absolute Gasteiger partial charge is 0.416 e. The molecular weight excluding hydrogens is 383 g/mol. The molecule has 0 aliphatic carbocycles. The molecule has 0 bridgehead atoms. The van der Waals surface area contributed by atoms with Gasteiger partial charge < -0.3 is 4.74 Å². The van der Waals surface area contributed by atoms with E-state index in [1.54, 1.807) is 0 Å². The summed E-state index contributed by atoms with van der Waals surface area (Å²) < 4.78 is 69.6. The van der Waals surface area contributed by atoms with Crippen molar-refractivity contribution < 1.29 is 31.1 Å². The van der Waals surface area contributed by atoms with Gasteiger partial charge in [-0.1, -0.05) is 11.6 Å². The molecule has 0 aliphatic rings. The molecule has 5 nitrogen and oxygen atoms in total. The first-order chi connectivity index (χ1) is 11.5. The molecule has 2 aromatic carbocycles. The van der Waals surface area contributed by atoms with E-state index in [0.717, 1.165) is 6.07 Å². The Bertz CT molecular complexity index is 896. The van der Waals surface area contributed by atoms with Crippen LogP contribution in [-0.4, -0.2) is 21.5 Å². The van der Waals surface area contributed by atoms with Crippen molar-refractivity contribution in [1.82, 2.24) is 0 Å². The Morgan fingerprint density at radius 3 is 2.24 bits per heavy atom. The van der Waals surface area contributed by atoms with Gasteiger partial charge in [0.15, 0.2) is 0 Å². The van der Waals surface area contributed by atoms with Gasteiger partial charge in [-0.3, -0.25) is 4.72 Å². The number of benzene rings is 2. The number of esters is 1. The van der Waals surface area contributed by atoms with E-state index in [2.05, 4.69) is 9.46 Å². The van der Waals surface area contributed by atoms with E-state index in [1.807, 2.05) is 0 Å². The third-order valence-electron chi connectivity index (χ3n) is 3.11. The van der Waals surface area contributed by atoms with Gasteiger partial charge in [-0.15, -0.1) is 0 Å². The van der Waals surface area contributed by atoms with Gasteiger partial charge in [-0.05, 0) is 42.5 Å². The van der Waals surface area contributed by atoms with Crippen LogP contribution in [0.1, 0.15) is 15.9 Å². The van der Waals surface area contributed by atoms with Crippen LogP contribution in [-0.2, 0) is 20.9 Å². The van der Waals surface area contributed by atoms with Crippen molar-refractivity contribution in [2.45, 2.75) is 11.1 Å². The van der Waals surface area contributed by atoms with Crippen molar-refractivity contribution in [2.24, 2.45) is 0 Å². The number of ether oxygens (including phenoxy) is 1. The summed E-state index contributed by atoms with van der Waals surface area (Å²) in [6, 6.07) is 7.14. The third-order valence-corrected chi connectivity index (χ3v) is 4.97. The molecular formula is C15H11ClF3NO4S. The summed E-state index contributed by atoms with van der Waals surface area (Å²) in [5, 5.41) is -0.355. The van der Waals surface area contributed by atoms with E-state index in [9.17, 15) is 26.4 Å². The van der Waals surface area contributed by atoms with Gasteiger partial charge >= 0.3 is 12.1 Å². The minimum absolute atomic E-state index is 0.0427. The number of rotatable bonds is 4. The molecule has 2 rings (SSSR count). The van der Waals surface area contributed by atoms with Crippen molar-refractivity contribution in [1.29, 1.82) is 0 Å². The molecule has 0 saturated carbocycles. The van der Waals surface area contributed by atoms with E-state index < -0.39 is 32.6 Å². The molecule has 10 heteroatoms. The van der Waals surface area contributed by atoms with Crippen molar-refractivity contribution in [3.63, 3.8) is 0 Å². The van der Waals surface area contributed by atoms with Crippen molar-refractivity contribution in [3.8, 4) is 0 Å². The number of alkyl halides is 3. The first-order valence-electron chi connectivity index (χ1n) is 6.62. The lowest BCUT2D eigenvalue weighted by molar-refractivity contribution is -0.137. The monoisotopic (exact) mass is 393 g/mol. The Labute approximate surface area is 146 Å². The topological polar surface area (TPSA) is 72.5 Å². The second kappa shape index (κ2) is 6.93. The molecule has 0 saturated heterocycles. The lowest BCUT2D eigenvalue weighted by atomic mass is 10.2. The summed E-state index contributed by atoms with van der Waals surface area (Å²) in [5.41, 5.74) is -0.915. The molecule has 0 heterocycles. The number of halogens is 4. The highest BCUT2D eigenvalue weighted by Crippen LogP contribution is 2.33. The summed E-state index contributed by atoms with van der Waals surface area (Å²) in [5.74, 6) is -0.615. The van der Waals surface area contributed by atoms with Crippen molar-refractivity contribution in [3.05, 3.63) is 58.6 Å². The van der Waals surface area contributed by atoms with Crippen LogP contribution in [0.15, 0.2) is 47.4 Å². The lowest BCUT2D eigenvalue weighted by Crippen LogP contribution is -2.15. The summed E-state index contributed by atoms with van der Waals surface area (Å²) in [6.45, 7) is 0. The van der Waals surface area contributed by atoms with Gasteiger partial charge in [0.2, 0.25) is 0 Å². The number of hydrogen-bond donors (Lipinski definition) is 1. The minimum Gasteiger partial charge on any atom is -0.465 e. The van der Waals surface area contributed by atoms with Crippen LogP contribution in [0.3, 0.4) is 0 Å². The molecule has 1 N–H and O–H groups in total. The minimum atomic E-state index is -4.71. The fraction of sp³-hybridized carbons (Fsp3) is 0.133. The number of carbonyl (C=O) groups excluding carboxylic acids is 1. The predicted molar refractivity (Wildman–Crippen MR) is 85.0 cm³/mol. The van der Waals surface area contributed by atoms with Crippen LogP contribution in [0.5, 0.6) is 0 Å². The summed E-state index contributed by atoms with van der Waals surface area (Å²) in [6.07, 6.45) is -4.71. The fourth-order valence-electron chi connectivity index (χ4n) is 1.89. The molecule has 0 atom stereocenters. The molecule has 0 amide bonds.